The molecule has 1 amide bonds. The molecule has 0 aromatic rings. The van der Waals surface area contributed by atoms with Gasteiger partial charge in [0.25, 0.3) is 0 Å². The summed E-state index contributed by atoms with van der Waals surface area (Å²) in [6.07, 6.45) is 1.51. The van der Waals surface area contributed by atoms with Gasteiger partial charge in [-0.3, -0.25) is 4.79 Å². The minimum atomic E-state index is -3.39. The number of ether oxygens (including phenoxy) is 1. The maximum absolute atomic E-state index is 12.1. The summed E-state index contributed by atoms with van der Waals surface area (Å²) in [5.41, 5.74) is -0.770. The largest absolute Gasteiger partial charge is 0.386 e. The second-order valence-corrected chi connectivity index (χ2v) is 7.89. The van der Waals surface area contributed by atoms with Crippen LogP contribution in [-0.2, 0) is 19.6 Å². The first kappa shape index (κ1) is 16.7. The minimum absolute atomic E-state index is 0.0259. The monoisotopic (exact) mass is 320 g/mol. The van der Waals surface area contributed by atoms with Crippen molar-refractivity contribution >= 4 is 15.9 Å². The number of β-amino-alcohol motifs (C(OH)–C–C–N with tert-alkyl or cyclic N) is 1. The molecule has 2 fully saturated rings. The topological polar surface area (TPSA) is 87.2 Å². The number of sulfonamides is 1. The van der Waals surface area contributed by atoms with Crippen LogP contribution in [0.5, 0.6) is 0 Å². The van der Waals surface area contributed by atoms with E-state index < -0.39 is 15.6 Å². The van der Waals surface area contributed by atoms with Crippen LogP contribution in [0.2, 0.25) is 0 Å². The van der Waals surface area contributed by atoms with E-state index in [1.807, 2.05) is 6.92 Å². The van der Waals surface area contributed by atoms with Crippen LogP contribution in [0.25, 0.3) is 0 Å². The van der Waals surface area contributed by atoms with Gasteiger partial charge in [-0.25, -0.2) is 8.42 Å². The van der Waals surface area contributed by atoms with E-state index in [2.05, 4.69) is 0 Å². The molecule has 2 aliphatic heterocycles. The van der Waals surface area contributed by atoms with Crippen molar-refractivity contribution < 1.29 is 23.1 Å². The molecule has 0 unspecified atom stereocenters. The highest BCUT2D eigenvalue weighted by atomic mass is 32.2. The Morgan fingerprint density at radius 2 is 1.90 bits per heavy atom. The predicted molar refractivity (Wildman–Crippen MR) is 77.2 cm³/mol. The number of rotatable bonds is 6. The molecule has 0 saturated carbocycles. The summed E-state index contributed by atoms with van der Waals surface area (Å²) in [6, 6.07) is 0. The molecule has 122 valence electrons. The van der Waals surface area contributed by atoms with Crippen LogP contribution < -0.4 is 0 Å². The van der Waals surface area contributed by atoms with E-state index in [0.717, 1.165) is 6.42 Å². The average molecular weight is 320 g/mol. The van der Waals surface area contributed by atoms with Crippen LogP contribution in [0.1, 0.15) is 26.2 Å². The zero-order valence-electron chi connectivity index (χ0n) is 12.5. The van der Waals surface area contributed by atoms with Crippen molar-refractivity contribution in [2.45, 2.75) is 31.8 Å². The highest BCUT2D eigenvalue weighted by Crippen LogP contribution is 2.26. The Labute approximate surface area is 125 Å². The van der Waals surface area contributed by atoms with Gasteiger partial charge in [-0.15, -0.1) is 0 Å². The van der Waals surface area contributed by atoms with Gasteiger partial charge >= 0.3 is 0 Å². The third-order valence-corrected chi connectivity index (χ3v) is 5.85. The number of amides is 1. The Kier molecular flexibility index (Phi) is 5.24. The number of hydrogen-bond donors (Lipinski definition) is 1. The maximum atomic E-state index is 12.1. The SMILES string of the molecule is CCCC1(O)CN(C(=O)CCS(=O)(=O)N2CCOCC2)C1. The van der Waals surface area contributed by atoms with E-state index in [0.29, 0.717) is 45.8 Å². The molecule has 2 saturated heterocycles. The van der Waals surface area contributed by atoms with Crippen LogP contribution in [0, 0.1) is 0 Å². The molecule has 0 bridgehead atoms. The van der Waals surface area contributed by atoms with Gasteiger partial charge in [0.15, 0.2) is 0 Å². The van der Waals surface area contributed by atoms with E-state index in [1.165, 1.54) is 9.21 Å². The smallest absolute Gasteiger partial charge is 0.223 e. The summed E-state index contributed by atoms with van der Waals surface area (Å²) < 4.78 is 30.7. The summed E-state index contributed by atoms with van der Waals surface area (Å²) in [5.74, 6) is -0.373. The quantitative estimate of drug-likeness (QED) is 0.707. The van der Waals surface area contributed by atoms with Gasteiger partial charge < -0.3 is 14.7 Å². The standard InChI is InChI=1S/C13H24N2O5S/c1-2-4-13(17)10-14(11-13)12(16)3-9-21(18,19)15-5-7-20-8-6-15/h17H,2-11H2,1H3. The first-order valence-electron chi connectivity index (χ1n) is 7.42. The highest BCUT2D eigenvalue weighted by Gasteiger charge is 2.42. The molecular weight excluding hydrogens is 296 g/mol. The number of carbonyl (C=O) groups excluding carboxylic acids is 1. The Morgan fingerprint density at radius 3 is 2.48 bits per heavy atom. The normalized spacial score (nSPS) is 22.9. The fourth-order valence-corrected chi connectivity index (χ4v) is 4.19. The summed E-state index contributed by atoms with van der Waals surface area (Å²) in [7, 11) is -3.39. The molecule has 21 heavy (non-hydrogen) atoms. The number of aliphatic hydroxyl groups is 1. The molecule has 0 atom stereocenters. The van der Waals surface area contributed by atoms with Crippen LogP contribution in [0.4, 0.5) is 0 Å². The van der Waals surface area contributed by atoms with Gasteiger partial charge in [-0.05, 0) is 6.42 Å². The third kappa shape index (κ3) is 4.15. The first-order valence-corrected chi connectivity index (χ1v) is 9.03. The molecule has 7 nitrogen and oxygen atoms in total. The molecular formula is C13H24N2O5S. The van der Waals surface area contributed by atoms with E-state index in [9.17, 15) is 18.3 Å². The zero-order chi connectivity index (χ0) is 15.5. The molecule has 0 spiro atoms. The summed E-state index contributed by atoms with van der Waals surface area (Å²) in [4.78, 5) is 13.5. The molecule has 0 aromatic heterocycles. The van der Waals surface area contributed by atoms with Gasteiger partial charge in [-0.1, -0.05) is 13.3 Å². The molecule has 2 rings (SSSR count). The number of likely N-dealkylation sites (tertiary alicyclic amines) is 1. The number of morpholine rings is 1. The van der Waals surface area contributed by atoms with Crippen molar-refractivity contribution in [2.24, 2.45) is 0 Å². The van der Waals surface area contributed by atoms with Gasteiger partial charge in [-0.2, -0.15) is 4.31 Å². The van der Waals surface area contributed by atoms with Crippen molar-refractivity contribution in [1.29, 1.82) is 0 Å². The lowest BCUT2D eigenvalue weighted by molar-refractivity contribution is -0.156. The second-order valence-electron chi connectivity index (χ2n) is 5.80. The molecule has 2 aliphatic rings. The van der Waals surface area contributed by atoms with Crippen molar-refractivity contribution in [3.8, 4) is 0 Å². The highest BCUT2D eigenvalue weighted by molar-refractivity contribution is 7.89. The fraction of sp³-hybridized carbons (Fsp3) is 0.923. The van der Waals surface area contributed by atoms with E-state index in [4.69, 9.17) is 4.74 Å². The lowest BCUT2D eigenvalue weighted by atomic mass is 9.89. The third-order valence-electron chi connectivity index (χ3n) is 3.98. The molecule has 8 heteroatoms. The lowest BCUT2D eigenvalue weighted by Crippen LogP contribution is -2.63. The average Bonchev–Trinajstić information content (AvgIpc) is 2.43. The van der Waals surface area contributed by atoms with E-state index in [1.54, 1.807) is 0 Å². The van der Waals surface area contributed by atoms with Crippen molar-refractivity contribution in [3.63, 3.8) is 0 Å². The maximum Gasteiger partial charge on any atom is 0.223 e. The van der Waals surface area contributed by atoms with Gasteiger partial charge in [0.05, 0.1) is 37.7 Å². The predicted octanol–water partition coefficient (Wildman–Crippen LogP) is -0.588. The van der Waals surface area contributed by atoms with E-state index >= 15 is 0 Å². The van der Waals surface area contributed by atoms with E-state index in [-0.39, 0.29) is 18.1 Å². The fourth-order valence-electron chi connectivity index (χ4n) is 2.79. The van der Waals surface area contributed by atoms with Gasteiger partial charge in [0, 0.05) is 19.5 Å². The Bertz CT molecular complexity index is 467. The van der Waals surface area contributed by atoms with Crippen LogP contribution in [0.15, 0.2) is 0 Å². The summed E-state index contributed by atoms with van der Waals surface area (Å²) in [5, 5.41) is 10.0. The van der Waals surface area contributed by atoms with Crippen LogP contribution in [-0.4, -0.2) is 79.4 Å². The van der Waals surface area contributed by atoms with Crippen molar-refractivity contribution in [3.05, 3.63) is 0 Å². The summed E-state index contributed by atoms with van der Waals surface area (Å²) in [6.45, 7) is 4.14. The van der Waals surface area contributed by atoms with Crippen molar-refractivity contribution in [1.82, 2.24) is 9.21 Å². The zero-order valence-corrected chi connectivity index (χ0v) is 13.3. The molecule has 1 N–H and O–H groups in total. The van der Waals surface area contributed by atoms with Crippen LogP contribution in [0.3, 0.4) is 0 Å². The Balaban J connectivity index is 1.77. The molecule has 2 heterocycles. The summed E-state index contributed by atoms with van der Waals surface area (Å²) >= 11 is 0. The molecule has 0 aromatic carbocycles. The van der Waals surface area contributed by atoms with Gasteiger partial charge in [0.1, 0.15) is 0 Å². The number of carbonyl (C=O) groups is 1. The Hall–Kier alpha value is -0.700. The van der Waals surface area contributed by atoms with Crippen molar-refractivity contribution in [2.75, 3.05) is 45.1 Å². The molecule has 0 aliphatic carbocycles. The minimum Gasteiger partial charge on any atom is -0.386 e. The number of nitrogens with zero attached hydrogens (tertiary/aromatic N) is 2. The Morgan fingerprint density at radius 1 is 1.29 bits per heavy atom. The van der Waals surface area contributed by atoms with Crippen LogP contribution >= 0.6 is 0 Å². The molecule has 0 radical (unpaired) electrons. The second kappa shape index (κ2) is 6.60. The lowest BCUT2D eigenvalue weighted by Gasteiger charge is -2.46. The van der Waals surface area contributed by atoms with Gasteiger partial charge in [0.2, 0.25) is 15.9 Å². The first-order chi connectivity index (χ1) is 9.86. The number of hydrogen-bond acceptors (Lipinski definition) is 5.